The summed E-state index contributed by atoms with van der Waals surface area (Å²) in [6.07, 6.45) is 1.29. The zero-order chi connectivity index (χ0) is 20.3. The average molecular weight is 403 g/mol. The molecule has 28 heavy (non-hydrogen) atoms. The van der Waals surface area contributed by atoms with Crippen LogP contribution in [0.15, 0.2) is 53.6 Å². The molecule has 1 unspecified atom stereocenters. The van der Waals surface area contributed by atoms with E-state index >= 15 is 0 Å². The van der Waals surface area contributed by atoms with E-state index in [1.807, 2.05) is 37.2 Å². The van der Waals surface area contributed by atoms with Gasteiger partial charge in [0.2, 0.25) is 5.91 Å². The van der Waals surface area contributed by atoms with Crippen LogP contribution in [0, 0.1) is 5.82 Å². The Balaban J connectivity index is 1.73. The third-order valence-electron chi connectivity index (χ3n) is 4.48. The van der Waals surface area contributed by atoms with Crippen LogP contribution in [0.1, 0.15) is 11.6 Å². The minimum Gasteiger partial charge on any atom is -0.353 e. The van der Waals surface area contributed by atoms with Gasteiger partial charge in [-0.3, -0.25) is 14.2 Å². The predicted octanol–water partition coefficient (Wildman–Crippen LogP) is 2.61. The zero-order valence-corrected chi connectivity index (χ0v) is 16.3. The number of hydrogen-bond acceptors (Lipinski definition) is 4. The van der Waals surface area contributed by atoms with Crippen molar-refractivity contribution < 1.29 is 9.18 Å². The van der Waals surface area contributed by atoms with Crippen molar-refractivity contribution in [1.82, 2.24) is 19.8 Å². The van der Waals surface area contributed by atoms with Crippen molar-refractivity contribution in [2.75, 3.05) is 20.6 Å². The molecular weight excluding hydrogens is 383 g/mol. The first-order valence-corrected chi connectivity index (χ1v) is 9.07. The molecule has 6 nitrogen and oxygen atoms in total. The number of amides is 1. The molecule has 0 aliphatic heterocycles. The van der Waals surface area contributed by atoms with Crippen molar-refractivity contribution in [3.63, 3.8) is 0 Å². The van der Waals surface area contributed by atoms with Crippen molar-refractivity contribution in [3.8, 4) is 0 Å². The van der Waals surface area contributed by atoms with Crippen molar-refractivity contribution in [3.05, 3.63) is 75.5 Å². The Morgan fingerprint density at radius 3 is 2.75 bits per heavy atom. The molecule has 1 atom stereocenters. The van der Waals surface area contributed by atoms with Gasteiger partial charge in [0.05, 0.1) is 23.3 Å². The van der Waals surface area contributed by atoms with E-state index in [1.54, 1.807) is 6.07 Å². The van der Waals surface area contributed by atoms with E-state index in [-0.39, 0.29) is 23.9 Å². The molecule has 0 aliphatic rings. The number of carbonyl (C=O) groups is 1. The summed E-state index contributed by atoms with van der Waals surface area (Å²) in [5.41, 5.74) is 0.818. The van der Waals surface area contributed by atoms with E-state index in [2.05, 4.69) is 10.3 Å². The maximum atomic E-state index is 13.4. The second-order valence-corrected chi connectivity index (χ2v) is 7.05. The van der Waals surface area contributed by atoms with Crippen molar-refractivity contribution in [2.24, 2.45) is 0 Å². The predicted molar refractivity (Wildman–Crippen MR) is 107 cm³/mol. The number of aromatic nitrogens is 2. The van der Waals surface area contributed by atoms with Crippen molar-refractivity contribution in [2.45, 2.75) is 12.6 Å². The molecule has 0 saturated heterocycles. The van der Waals surface area contributed by atoms with E-state index in [0.717, 1.165) is 16.2 Å². The summed E-state index contributed by atoms with van der Waals surface area (Å²) in [6, 6.07) is 11.1. The number of likely N-dealkylation sites (N-methyl/N-ethyl adjacent to an activating group) is 1. The quantitative estimate of drug-likeness (QED) is 0.688. The summed E-state index contributed by atoms with van der Waals surface area (Å²) in [7, 11) is 3.79. The van der Waals surface area contributed by atoms with Gasteiger partial charge < -0.3 is 10.2 Å². The fourth-order valence-electron chi connectivity index (χ4n) is 2.98. The lowest BCUT2D eigenvalue weighted by Crippen LogP contribution is -2.38. The SMILES string of the molecule is CN(C)C(CNC(=O)Cn1cnc2ccc(F)cc2c1=O)c1ccccc1Cl. The lowest BCUT2D eigenvalue weighted by atomic mass is 10.1. The Hall–Kier alpha value is -2.77. The number of carbonyl (C=O) groups excluding carboxylic acids is 1. The molecule has 0 spiro atoms. The van der Waals surface area contributed by atoms with Gasteiger partial charge in [0.15, 0.2) is 0 Å². The number of rotatable bonds is 6. The second-order valence-electron chi connectivity index (χ2n) is 6.64. The summed E-state index contributed by atoms with van der Waals surface area (Å²) in [5.74, 6) is -0.874. The maximum Gasteiger partial charge on any atom is 0.261 e. The molecule has 0 fully saturated rings. The number of fused-ring (bicyclic) bond motifs is 1. The lowest BCUT2D eigenvalue weighted by molar-refractivity contribution is -0.121. The Kier molecular flexibility index (Phi) is 6.06. The van der Waals surface area contributed by atoms with Gasteiger partial charge in [-0.05, 0) is 43.9 Å². The fraction of sp³-hybridized carbons (Fsp3) is 0.250. The molecule has 1 heterocycles. The van der Waals surface area contributed by atoms with Gasteiger partial charge in [0.25, 0.3) is 5.56 Å². The molecule has 8 heteroatoms. The number of halogens is 2. The summed E-state index contributed by atoms with van der Waals surface area (Å²) in [5, 5.41) is 3.58. The van der Waals surface area contributed by atoms with Gasteiger partial charge in [-0.1, -0.05) is 29.8 Å². The van der Waals surface area contributed by atoms with E-state index in [0.29, 0.717) is 17.1 Å². The van der Waals surface area contributed by atoms with Gasteiger partial charge in [-0.25, -0.2) is 9.37 Å². The second kappa shape index (κ2) is 8.50. The Morgan fingerprint density at radius 2 is 2.04 bits per heavy atom. The van der Waals surface area contributed by atoms with Gasteiger partial charge >= 0.3 is 0 Å². The van der Waals surface area contributed by atoms with E-state index in [4.69, 9.17) is 11.6 Å². The Morgan fingerprint density at radius 1 is 1.29 bits per heavy atom. The highest BCUT2D eigenvalue weighted by Gasteiger charge is 2.18. The molecule has 0 radical (unpaired) electrons. The topological polar surface area (TPSA) is 67.2 Å². The monoisotopic (exact) mass is 402 g/mol. The number of benzene rings is 2. The number of nitrogens with zero attached hydrogens (tertiary/aromatic N) is 3. The molecule has 0 aliphatic carbocycles. The molecule has 3 aromatic rings. The van der Waals surface area contributed by atoms with Crippen LogP contribution in [-0.4, -0.2) is 41.0 Å². The molecule has 2 aromatic carbocycles. The van der Waals surface area contributed by atoms with Crippen LogP contribution < -0.4 is 10.9 Å². The van der Waals surface area contributed by atoms with Crippen LogP contribution >= 0.6 is 11.6 Å². The molecule has 1 N–H and O–H groups in total. The summed E-state index contributed by atoms with van der Waals surface area (Å²) in [4.78, 5) is 30.9. The third-order valence-corrected chi connectivity index (χ3v) is 4.82. The minimum absolute atomic E-state index is 0.127. The molecule has 1 amide bonds. The number of nitrogens with one attached hydrogen (secondary N) is 1. The van der Waals surface area contributed by atoms with Gasteiger partial charge in [-0.15, -0.1) is 0 Å². The van der Waals surface area contributed by atoms with Crippen LogP contribution in [0.4, 0.5) is 4.39 Å². The summed E-state index contributed by atoms with van der Waals surface area (Å²) >= 11 is 6.27. The van der Waals surface area contributed by atoms with E-state index < -0.39 is 11.4 Å². The highest BCUT2D eigenvalue weighted by molar-refractivity contribution is 6.31. The van der Waals surface area contributed by atoms with E-state index in [1.165, 1.54) is 18.5 Å². The first kappa shape index (κ1) is 20.0. The van der Waals surface area contributed by atoms with Gasteiger partial charge in [0, 0.05) is 11.6 Å². The molecule has 3 rings (SSSR count). The standard InChI is InChI=1S/C20H20ClFN4O2/c1-25(2)18(14-5-3-4-6-16(14)21)10-23-19(27)11-26-12-24-17-8-7-13(22)9-15(17)20(26)28/h3-9,12,18H,10-11H2,1-2H3,(H,23,27). The van der Waals surface area contributed by atoms with Gasteiger partial charge in [0.1, 0.15) is 12.4 Å². The van der Waals surface area contributed by atoms with Gasteiger partial charge in [-0.2, -0.15) is 0 Å². The molecule has 1 aromatic heterocycles. The largest absolute Gasteiger partial charge is 0.353 e. The fourth-order valence-corrected chi connectivity index (χ4v) is 3.24. The highest BCUT2D eigenvalue weighted by atomic mass is 35.5. The third kappa shape index (κ3) is 4.37. The van der Waals surface area contributed by atoms with Crippen LogP contribution in [0.5, 0.6) is 0 Å². The normalized spacial score (nSPS) is 12.3. The average Bonchev–Trinajstić information content (AvgIpc) is 2.66. The van der Waals surface area contributed by atoms with Crippen LogP contribution in [0.25, 0.3) is 10.9 Å². The summed E-state index contributed by atoms with van der Waals surface area (Å²) in [6.45, 7) is 0.112. The minimum atomic E-state index is -0.526. The Bertz CT molecular complexity index is 1070. The molecule has 146 valence electrons. The van der Waals surface area contributed by atoms with Crippen LogP contribution in [0.2, 0.25) is 5.02 Å². The lowest BCUT2D eigenvalue weighted by Gasteiger charge is -2.26. The smallest absolute Gasteiger partial charge is 0.261 e. The summed E-state index contributed by atoms with van der Waals surface area (Å²) < 4.78 is 14.6. The van der Waals surface area contributed by atoms with Crippen molar-refractivity contribution in [1.29, 1.82) is 0 Å². The first-order valence-electron chi connectivity index (χ1n) is 8.69. The number of hydrogen-bond donors (Lipinski definition) is 1. The molecular formula is C20H20ClFN4O2. The zero-order valence-electron chi connectivity index (χ0n) is 15.5. The molecule has 0 saturated carbocycles. The molecule has 0 bridgehead atoms. The van der Waals surface area contributed by atoms with Crippen LogP contribution in [-0.2, 0) is 11.3 Å². The maximum absolute atomic E-state index is 13.4. The highest BCUT2D eigenvalue weighted by Crippen LogP contribution is 2.25. The first-order chi connectivity index (χ1) is 13.4. The van der Waals surface area contributed by atoms with Crippen molar-refractivity contribution >= 4 is 28.4 Å². The van der Waals surface area contributed by atoms with E-state index in [9.17, 15) is 14.0 Å². The Labute approximate surface area is 166 Å². The van der Waals surface area contributed by atoms with Crippen LogP contribution in [0.3, 0.4) is 0 Å².